The lowest BCUT2D eigenvalue weighted by Gasteiger charge is -2.11. The van der Waals surface area contributed by atoms with Gasteiger partial charge in [0, 0.05) is 12.5 Å². The van der Waals surface area contributed by atoms with E-state index in [2.05, 4.69) is 5.32 Å². The number of carbonyl (C=O) groups is 1. The van der Waals surface area contributed by atoms with E-state index in [1.54, 1.807) is 24.3 Å². The number of amides is 1. The number of nitrogens with one attached hydrogen (secondary N) is 1. The summed E-state index contributed by atoms with van der Waals surface area (Å²) in [5, 5.41) is 11.6. The SMILES string of the molecule is CCCC(N)CC(=O)Nc1ccccc1C#N. The molecule has 0 bridgehead atoms. The highest BCUT2D eigenvalue weighted by atomic mass is 16.1. The van der Waals surface area contributed by atoms with Gasteiger partial charge < -0.3 is 11.1 Å². The summed E-state index contributed by atoms with van der Waals surface area (Å²) in [6.07, 6.45) is 2.07. The molecule has 1 aromatic rings. The molecule has 4 nitrogen and oxygen atoms in total. The van der Waals surface area contributed by atoms with Gasteiger partial charge in [-0.2, -0.15) is 5.26 Å². The van der Waals surface area contributed by atoms with Crippen molar-refractivity contribution in [3.63, 3.8) is 0 Å². The first kappa shape index (κ1) is 13.2. The Morgan fingerprint density at radius 2 is 2.24 bits per heavy atom. The molecule has 17 heavy (non-hydrogen) atoms. The molecule has 0 aliphatic carbocycles. The van der Waals surface area contributed by atoms with Crippen LogP contribution in [0.5, 0.6) is 0 Å². The molecule has 0 aromatic heterocycles. The smallest absolute Gasteiger partial charge is 0.225 e. The Morgan fingerprint density at radius 1 is 1.53 bits per heavy atom. The zero-order valence-electron chi connectivity index (χ0n) is 9.94. The number of nitrogens with two attached hydrogens (primary N) is 1. The predicted molar refractivity (Wildman–Crippen MR) is 67.3 cm³/mol. The highest BCUT2D eigenvalue weighted by molar-refractivity contribution is 5.92. The molecule has 90 valence electrons. The first-order chi connectivity index (χ1) is 8.17. The van der Waals surface area contributed by atoms with Crippen LogP contribution >= 0.6 is 0 Å². The Kier molecular flexibility index (Phi) is 5.18. The molecule has 1 rings (SSSR count). The number of para-hydroxylation sites is 1. The summed E-state index contributed by atoms with van der Waals surface area (Å²) in [6, 6.07) is 8.84. The summed E-state index contributed by atoms with van der Waals surface area (Å²) in [7, 11) is 0. The summed E-state index contributed by atoms with van der Waals surface area (Å²) in [5.41, 5.74) is 6.79. The van der Waals surface area contributed by atoms with Crippen molar-refractivity contribution in [3.05, 3.63) is 29.8 Å². The average Bonchev–Trinajstić information content (AvgIpc) is 2.29. The number of nitriles is 1. The molecule has 3 N–H and O–H groups in total. The Morgan fingerprint density at radius 3 is 2.88 bits per heavy atom. The van der Waals surface area contributed by atoms with Gasteiger partial charge in [0.25, 0.3) is 0 Å². The fourth-order valence-electron chi connectivity index (χ4n) is 1.60. The van der Waals surface area contributed by atoms with E-state index in [1.165, 1.54) is 0 Å². The molecule has 1 aromatic carbocycles. The number of carbonyl (C=O) groups excluding carboxylic acids is 1. The van der Waals surface area contributed by atoms with E-state index >= 15 is 0 Å². The summed E-state index contributed by atoms with van der Waals surface area (Å²) in [6.45, 7) is 2.03. The third-order valence-electron chi connectivity index (χ3n) is 2.43. The second-order valence-electron chi connectivity index (χ2n) is 3.96. The Labute approximate surface area is 101 Å². The van der Waals surface area contributed by atoms with Crippen molar-refractivity contribution in [2.24, 2.45) is 5.73 Å². The van der Waals surface area contributed by atoms with Crippen molar-refractivity contribution >= 4 is 11.6 Å². The van der Waals surface area contributed by atoms with Gasteiger partial charge in [0.15, 0.2) is 0 Å². The zero-order chi connectivity index (χ0) is 12.7. The van der Waals surface area contributed by atoms with Gasteiger partial charge in [-0.15, -0.1) is 0 Å². The second kappa shape index (κ2) is 6.66. The van der Waals surface area contributed by atoms with E-state index in [9.17, 15) is 4.79 Å². The van der Waals surface area contributed by atoms with Crippen LogP contribution in [-0.4, -0.2) is 11.9 Å². The largest absolute Gasteiger partial charge is 0.327 e. The normalized spacial score (nSPS) is 11.6. The first-order valence-corrected chi connectivity index (χ1v) is 5.72. The van der Waals surface area contributed by atoms with Crippen LogP contribution in [0.15, 0.2) is 24.3 Å². The van der Waals surface area contributed by atoms with Crippen LogP contribution in [0.25, 0.3) is 0 Å². The van der Waals surface area contributed by atoms with Crippen molar-refractivity contribution in [2.45, 2.75) is 32.2 Å². The van der Waals surface area contributed by atoms with Gasteiger partial charge in [0.1, 0.15) is 6.07 Å². The van der Waals surface area contributed by atoms with Gasteiger partial charge in [0.05, 0.1) is 11.3 Å². The molecule has 1 unspecified atom stereocenters. The van der Waals surface area contributed by atoms with E-state index in [4.69, 9.17) is 11.0 Å². The monoisotopic (exact) mass is 231 g/mol. The Balaban J connectivity index is 2.59. The van der Waals surface area contributed by atoms with Gasteiger partial charge in [-0.25, -0.2) is 0 Å². The molecular weight excluding hydrogens is 214 g/mol. The number of hydrogen-bond acceptors (Lipinski definition) is 3. The highest BCUT2D eigenvalue weighted by Crippen LogP contribution is 2.14. The van der Waals surface area contributed by atoms with E-state index in [0.717, 1.165) is 12.8 Å². The third-order valence-corrected chi connectivity index (χ3v) is 2.43. The Bertz CT molecular complexity index is 423. The fraction of sp³-hybridized carbons (Fsp3) is 0.385. The van der Waals surface area contributed by atoms with Crippen LogP contribution in [0.1, 0.15) is 31.7 Å². The third kappa shape index (κ3) is 4.25. The molecule has 0 fully saturated rings. The van der Waals surface area contributed by atoms with Crippen LogP contribution in [0.3, 0.4) is 0 Å². The van der Waals surface area contributed by atoms with Gasteiger partial charge in [0.2, 0.25) is 5.91 Å². The molecule has 1 atom stereocenters. The lowest BCUT2D eigenvalue weighted by atomic mass is 10.1. The van der Waals surface area contributed by atoms with Crippen molar-refractivity contribution in [1.82, 2.24) is 0 Å². The summed E-state index contributed by atoms with van der Waals surface area (Å²) < 4.78 is 0. The maximum atomic E-state index is 11.7. The van der Waals surface area contributed by atoms with Crippen molar-refractivity contribution in [3.8, 4) is 6.07 Å². The summed E-state index contributed by atoms with van der Waals surface area (Å²) in [4.78, 5) is 11.7. The summed E-state index contributed by atoms with van der Waals surface area (Å²) >= 11 is 0. The number of hydrogen-bond donors (Lipinski definition) is 2. The second-order valence-corrected chi connectivity index (χ2v) is 3.96. The zero-order valence-corrected chi connectivity index (χ0v) is 9.94. The number of benzene rings is 1. The fourth-order valence-corrected chi connectivity index (χ4v) is 1.60. The van der Waals surface area contributed by atoms with Crippen LogP contribution in [0, 0.1) is 11.3 Å². The lowest BCUT2D eigenvalue weighted by molar-refractivity contribution is -0.116. The van der Waals surface area contributed by atoms with Crippen LogP contribution in [0.2, 0.25) is 0 Å². The predicted octanol–water partition coefficient (Wildman–Crippen LogP) is 2.01. The molecule has 0 spiro atoms. The highest BCUT2D eigenvalue weighted by Gasteiger charge is 2.10. The topological polar surface area (TPSA) is 78.9 Å². The maximum Gasteiger partial charge on any atom is 0.225 e. The summed E-state index contributed by atoms with van der Waals surface area (Å²) in [5.74, 6) is -0.145. The van der Waals surface area contributed by atoms with Crippen molar-refractivity contribution < 1.29 is 4.79 Å². The molecular formula is C13H17N3O. The lowest BCUT2D eigenvalue weighted by Crippen LogP contribution is -2.27. The molecule has 0 aliphatic heterocycles. The molecule has 4 heteroatoms. The van der Waals surface area contributed by atoms with E-state index < -0.39 is 0 Å². The first-order valence-electron chi connectivity index (χ1n) is 5.72. The minimum absolute atomic E-state index is 0.116. The number of nitrogens with zero attached hydrogens (tertiary/aromatic N) is 1. The minimum Gasteiger partial charge on any atom is -0.327 e. The molecule has 1 amide bonds. The van der Waals surface area contributed by atoms with Crippen LogP contribution in [-0.2, 0) is 4.79 Å². The number of rotatable bonds is 5. The van der Waals surface area contributed by atoms with E-state index in [0.29, 0.717) is 11.3 Å². The maximum absolute atomic E-state index is 11.7. The standard InChI is InChI=1S/C13H17N3O/c1-2-5-11(15)8-13(17)16-12-7-4-3-6-10(12)9-14/h3-4,6-7,11H,2,5,8,15H2,1H3,(H,16,17). The molecule has 0 saturated carbocycles. The van der Waals surface area contributed by atoms with Crippen molar-refractivity contribution in [1.29, 1.82) is 5.26 Å². The van der Waals surface area contributed by atoms with Crippen LogP contribution in [0.4, 0.5) is 5.69 Å². The minimum atomic E-state index is -0.145. The van der Waals surface area contributed by atoms with Crippen LogP contribution < -0.4 is 11.1 Å². The van der Waals surface area contributed by atoms with Gasteiger partial charge in [-0.05, 0) is 18.6 Å². The molecule has 0 saturated heterocycles. The molecule has 0 aliphatic rings. The molecule has 0 heterocycles. The van der Waals surface area contributed by atoms with Gasteiger partial charge >= 0.3 is 0 Å². The van der Waals surface area contributed by atoms with Gasteiger partial charge in [-0.1, -0.05) is 25.5 Å². The quantitative estimate of drug-likeness (QED) is 0.813. The van der Waals surface area contributed by atoms with Gasteiger partial charge in [-0.3, -0.25) is 4.79 Å². The average molecular weight is 231 g/mol. The Hall–Kier alpha value is -1.86. The van der Waals surface area contributed by atoms with E-state index in [-0.39, 0.29) is 18.4 Å². The van der Waals surface area contributed by atoms with Crippen molar-refractivity contribution in [2.75, 3.05) is 5.32 Å². The molecule has 0 radical (unpaired) electrons. The van der Waals surface area contributed by atoms with E-state index in [1.807, 2.05) is 13.0 Å². The number of anilines is 1.